The first-order valence-electron chi connectivity index (χ1n) is 5.27. The number of carbonyl (C=O) groups is 1. The topological polar surface area (TPSA) is 151 Å². The number of hydrogen-bond acceptors (Lipinski definition) is 7. The lowest BCUT2D eigenvalue weighted by Crippen LogP contribution is -2.42. The summed E-state index contributed by atoms with van der Waals surface area (Å²) in [5, 5.41) is 31.3. The predicted molar refractivity (Wildman–Crippen MR) is 65.7 cm³/mol. The Labute approximate surface area is 108 Å². The molecule has 0 aliphatic rings. The molecule has 6 N–H and O–H groups in total. The zero-order valence-electron chi connectivity index (χ0n) is 10.1. The molecule has 0 aromatic heterocycles. The molecule has 0 fully saturated rings. The average Bonchev–Trinajstić information content (AvgIpc) is 2.38. The van der Waals surface area contributed by atoms with Gasteiger partial charge in [-0.15, -0.1) is 0 Å². The van der Waals surface area contributed by atoms with Crippen LogP contribution >= 0.6 is 0 Å². The molecule has 0 saturated carbocycles. The van der Waals surface area contributed by atoms with Crippen LogP contribution in [0, 0.1) is 10.1 Å². The van der Waals surface area contributed by atoms with Crippen LogP contribution in [0.1, 0.15) is 5.56 Å². The van der Waals surface area contributed by atoms with Gasteiger partial charge in [-0.3, -0.25) is 20.1 Å². The van der Waals surface area contributed by atoms with Crippen LogP contribution in [0.2, 0.25) is 0 Å². The van der Waals surface area contributed by atoms with E-state index in [0.29, 0.717) is 5.56 Å². The number of hydrogen-bond donors (Lipinski definition) is 5. The van der Waals surface area contributed by atoms with E-state index in [1.54, 1.807) is 0 Å². The molecular formula is C10H14N4O5. The van der Waals surface area contributed by atoms with Crippen molar-refractivity contribution in [3.8, 4) is 5.75 Å². The monoisotopic (exact) mass is 270 g/mol. The van der Waals surface area contributed by atoms with Crippen LogP contribution in [0.15, 0.2) is 12.1 Å². The number of anilines is 1. The molecular weight excluding hydrogens is 256 g/mol. The van der Waals surface area contributed by atoms with E-state index in [1.165, 1.54) is 18.6 Å². The van der Waals surface area contributed by atoms with Crippen molar-refractivity contribution in [3.63, 3.8) is 0 Å². The Morgan fingerprint density at radius 1 is 1.58 bits per heavy atom. The van der Waals surface area contributed by atoms with Gasteiger partial charge in [-0.25, -0.2) is 5.48 Å². The largest absolute Gasteiger partial charge is 0.501 e. The number of nitro groups is 1. The third-order valence-corrected chi connectivity index (χ3v) is 2.59. The van der Waals surface area contributed by atoms with Gasteiger partial charge in [0.1, 0.15) is 0 Å². The normalized spacial score (nSPS) is 11.9. The number of nitro benzene ring substituents is 1. The number of carbonyl (C=O) groups excluding carboxylic acids is 1. The van der Waals surface area contributed by atoms with Crippen molar-refractivity contribution in [3.05, 3.63) is 27.8 Å². The Hall–Kier alpha value is -2.39. The second-order valence-electron chi connectivity index (χ2n) is 3.83. The van der Waals surface area contributed by atoms with Gasteiger partial charge < -0.3 is 16.2 Å². The van der Waals surface area contributed by atoms with E-state index in [4.69, 9.17) is 10.9 Å². The number of nitrogens with two attached hydrogens (primary N) is 1. The van der Waals surface area contributed by atoms with Crippen molar-refractivity contribution in [1.82, 2.24) is 10.8 Å². The molecule has 0 heterocycles. The molecule has 1 atom stereocenters. The van der Waals surface area contributed by atoms with Crippen molar-refractivity contribution in [2.75, 3.05) is 12.8 Å². The lowest BCUT2D eigenvalue weighted by Gasteiger charge is -2.14. The third-order valence-electron chi connectivity index (χ3n) is 2.59. The van der Waals surface area contributed by atoms with Crippen LogP contribution in [0.4, 0.5) is 11.4 Å². The minimum atomic E-state index is -0.784. The molecule has 0 bridgehead atoms. The summed E-state index contributed by atoms with van der Waals surface area (Å²) in [5.74, 6) is -1.29. The molecule has 9 nitrogen and oxygen atoms in total. The van der Waals surface area contributed by atoms with Gasteiger partial charge in [0.25, 0.3) is 5.91 Å². The first-order valence-corrected chi connectivity index (χ1v) is 5.27. The molecule has 0 aliphatic heterocycles. The fourth-order valence-electron chi connectivity index (χ4n) is 1.60. The van der Waals surface area contributed by atoms with Crippen molar-refractivity contribution in [1.29, 1.82) is 0 Å². The number of benzene rings is 1. The predicted octanol–water partition coefficient (Wildman–Crippen LogP) is -0.482. The maximum absolute atomic E-state index is 11.3. The lowest BCUT2D eigenvalue weighted by molar-refractivity contribution is -0.385. The highest BCUT2D eigenvalue weighted by Gasteiger charge is 2.21. The SMILES string of the molecule is CN[C@@H](Cc1cc(N)c(O)c([N+](=O)[O-])c1)C(=O)NO. The molecule has 0 unspecified atom stereocenters. The minimum absolute atomic E-state index is 0.0637. The van der Waals surface area contributed by atoms with Gasteiger partial charge in [-0.1, -0.05) is 0 Å². The van der Waals surface area contributed by atoms with Crippen molar-refractivity contribution in [2.45, 2.75) is 12.5 Å². The molecule has 0 aliphatic carbocycles. The van der Waals surface area contributed by atoms with Crippen molar-refractivity contribution in [2.24, 2.45) is 0 Å². The molecule has 0 radical (unpaired) electrons. The van der Waals surface area contributed by atoms with Crippen molar-refractivity contribution >= 4 is 17.3 Å². The Morgan fingerprint density at radius 3 is 2.68 bits per heavy atom. The minimum Gasteiger partial charge on any atom is -0.501 e. The summed E-state index contributed by atoms with van der Waals surface area (Å²) >= 11 is 0. The molecule has 104 valence electrons. The van der Waals surface area contributed by atoms with E-state index >= 15 is 0 Å². The highest BCUT2D eigenvalue weighted by molar-refractivity contribution is 5.81. The number of likely N-dealkylation sites (N-methyl/N-ethyl adjacent to an activating group) is 1. The Balaban J connectivity index is 3.08. The number of phenols is 1. The first kappa shape index (κ1) is 14.7. The third kappa shape index (κ3) is 3.30. The fourth-order valence-corrected chi connectivity index (χ4v) is 1.60. The van der Waals surface area contributed by atoms with Crippen LogP contribution in [0.5, 0.6) is 5.75 Å². The summed E-state index contributed by atoms with van der Waals surface area (Å²) in [7, 11) is 1.50. The van der Waals surface area contributed by atoms with Crippen LogP contribution < -0.4 is 16.5 Å². The Bertz CT molecular complexity index is 505. The van der Waals surface area contributed by atoms with E-state index in [2.05, 4.69) is 5.32 Å². The standard InChI is InChI=1S/C10H14N4O5/c1-12-7(10(16)13-17)3-5-2-6(11)9(15)8(4-5)14(18)19/h2,4,7,12,15,17H,3,11H2,1H3,(H,13,16)/t7-/m0/s1. The number of hydroxylamine groups is 1. The van der Waals surface area contributed by atoms with Gasteiger partial charge in [-0.05, 0) is 25.1 Å². The summed E-state index contributed by atoms with van der Waals surface area (Å²) in [4.78, 5) is 21.2. The molecule has 1 aromatic carbocycles. The van der Waals surface area contributed by atoms with E-state index in [1.807, 2.05) is 0 Å². The van der Waals surface area contributed by atoms with E-state index < -0.39 is 28.3 Å². The fraction of sp³-hybridized carbons (Fsp3) is 0.300. The van der Waals surface area contributed by atoms with Gasteiger partial charge in [0, 0.05) is 6.07 Å². The molecule has 1 amide bonds. The Morgan fingerprint density at radius 2 is 2.21 bits per heavy atom. The number of nitrogens with zero attached hydrogens (tertiary/aromatic N) is 1. The van der Waals surface area contributed by atoms with Crippen LogP contribution in [0.25, 0.3) is 0 Å². The number of aromatic hydroxyl groups is 1. The highest BCUT2D eigenvalue weighted by Crippen LogP contribution is 2.33. The van der Waals surface area contributed by atoms with E-state index in [9.17, 15) is 20.0 Å². The van der Waals surface area contributed by atoms with E-state index in [0.717, 1.165) is 6.07 Å². The molecule has 0 spiro atoms. The van der Waals surface area contributed by atoms with Crippen LogP contribution in [0.3, 0.4) is 0 Å². The zero-order valence-corrected chi connectivity index (χ0v) is 10.1. The van der Waals surface area contributed by atoms with Gasteiger partial charge in [0.2, 0.25) is 5.75 Å². The quantitative estimate of drug-likeness (QED) is 0.159. The van der Waals surface area contributed by atoms with Gasteiger partial charge in [-0.2, -0.15) is 0 Å². The first-order chi connectivity index (χ1) is 8.90. The second-order valence-corrected chi connectivity index (χ2v) is 3.83. The smallest absolute Gasteiger partial charge is 0.313 e. The molecule has 19 heavy (non-hydrogen) atoms. The number of amides is 1. The number of phenolic OH excluding ortho intramolecular Hbond substituents is 1. The van der Waals surface area contributed by atoms with E-state index in [-0.39, 0.29) is 12.1 Å². The number of nitrogens with one attached hydrogen (secondary N) is 2. The zero-order chi connectivity index (χ0) is 14.6. The highest BCUT2D eigenvalue weighted by atomic mass is 16.6. The summed E-state index contributed by atoms with van der Waals surface area (Å²) in [5.41, 5.74) is 6.64. The number of rotatable bonds is 5. The maximum atomic E-state index is 11.3. The second kappa shape index (κ2) is 5.98. The van der Waals surface area contributed by atoms with Gasteiger partial charge in [0.15, 0.2) is 0 Å². The summed E-state index contributed by atoms with van der Waals surface area (Å²) in [6, 6.07) is 1.67. The summed E-state index contributed by atoms with van der Waals surface area (Å²) in [6.45, 7) is 0. The average molecular weight is 270 g/mol. The molecule has 9 heteroatoms. The molecule has 1 rings (SSSR count). The summed E-state index contributed by atoms with van der Waals surface area (Å²) in [6.07, 6.45) is 0.0637. The molecule has 1 aromatic rings. The molecule has 0 saturated heterocycles. The Kier molecular flexibility index (Phi) is 4.62. The maximum Gasteiger partial charge on any atom is 0.313 e. The summed E-state index contributed by atoms with van der Waals surface area (Å²) < 4.78 is 0. The van der Waals surface area contributed by atoms with Crippen molar-refractivity contribution < 1.29 is 20.0 Å². The van der Waals surface area contributed by atoms with Gasteiger partial charge >= 0.3 is 5.69 Å². The van der Waals surface area contributed by atoms with Gasteiger partial charge in [0.05, 0.1) is 16.7 Å². The van der Waals surface area contributed by atoms with Crippen LogP contribution in [-0.2, 0) is 11.2 Å². The van der Waals surface area contributed by atoms with Crippen LogP contribution in [-0.4, -0.2) is 34.2 Å². The lowest BCUT2D eigenvalue weighted by atomic mass is 10.0. The number of nitrogen functional groups attached to an aromatic ring is 1.